The third-order valence-corrected chi connectivity index (χ3v) is 0. The van der Waals surface area contributed by atoms with E-state index in [4.69, 9.17) is 29.7 Å². The molecule has 0 aromatic rings. The van der Waals surface area contributed by atoms with Crippen LogP contribution in [0, 0.1) is 0 Å². The Morgan fingerprint density at radius 2 is 0.688 bits per heavy atom. The normalized spacial score (nSPS) is 6.25. The molecular formula is C8H17NO7. The fourth-order valence-electron chi connectivity index (χ4n) is 0. The van der Waals surface area contributed by atoms with Crippen molar-refractivity contribution in [1.29, 1.82) is 0 Å². The molecule has 0 saturated heterocycles. The van der Waals surface area contributed by atoms with Gasteiger partial charge < -0.3 is 21.1 Å². The topological polar surface area (TPSA) is 155 Å². The maximum Gasteiger partial charge on any atom is 0.300 e. The molecule has 0 aromatic heterocycles. The van der Waals surface area contributed by atoms with Crippen LogP contribution in [0.4, 0.5) is 0 Å². The molecule has 0 saturated carbocycles. The van der Waals surface area contributed by atoms with Gasteiger partial charge in [0.2, 0.25) is 5.91 Å². The average molecular weight is 239 g/mol. The number of aliphatic carboxylic acids is 3. The minimum absolute atomic E-state index is 0.333. The molecule has 0 atom stereocenters. The third-order valence-electron chi connectivity index (χ3n) is 0. The van der Waals surface area contributed by atoms with Crippen LogP contribution in [0.25, 0.3) is 0 Å². The molecule has 0 bridgehead atoms. The maximum atomic E-state index is 9.22. The fourth-order valence-corrected chi connectivity index (χ4v) is 0. The summed E-state index contributed by atoms with van der Waals surface area (Å²) in [6.45, 7) is 4.56. The van der Waals surface area contributed by atoms with Crippen molar-refractivity contribution in [3.63, 3.8) is 0 Å². The molecule has 1 amide bonds. The van der Waals surface area contributed by atoms with Crippen molar-refractivity contribution >= 4 is 23.8 Å². The molecule has 8 nitrogen and oxygen atoms in total. The van der Waals surface area contributed by atoms with Crippen molar-refractivity contribution in [3.8, 4) is 0 Å². The molecule has 0 aliphatic carbocycles. The number of carbonyl (C=O) groups excluding carboxylic acids is 1. The quantitative estimate of drug-likeness (QED) is 0.454. The van der Waals surface area contributed by atoms with E-state index in [-0.39, 0.29) is 5.91 Å². The summed E-state index contributed by atoms with van der Waals surface area (Å²) in [5.41, 5.74) is 4.47. The van der Waals surface area contributed by atoms with Gasteiger partial charge >= 0.3 is 0 Å². The number of hydrogen-bond acceptors (Lipinski definition) is 4. The Hall–Kier alpha value is -2.12. The molecule has 0 spiro atoms. The molecule has 0 aliphatic heterocycles. The lowest BCUT2D eigenvalue weighted by Crippen LogP contribution is -2.01. The molecule has 16 heavy (non-hydrogen) atoms. The van der Waals surface area contributed by atoms with Gasteiger partial charge in [0, 0.05) is 27.7 Å². The van der Waals surface area contributed by atoms with Gasteiger partial charge in [0.25, 0.3) is 17.9 Å². The number of amides is 1. The van der Waals surface area contributed by atoms with Crippen LogP contribution in [0.3, 0.4) is 0 Å². The Kier molecular flexibility index (Phi) is 27.5. The second-order valence-electron chi connectivity index (χ2n) is 2.17. The predicted octanol–water partition coefficient (Wildman–Crippen LogP) is -0.236. The molecule has 5 N–H and O–H groups in total. The van der Waals surface area contributed by atoms with Crippen molar-refractivity contribution in [2.45, 2.75) is 27.7 Å². The molecule has 0 heterocycles. The third kappa shape index (κ3) is 313. The van der Waals surface area contributed by atoms with E-state index >= 15 is 0 Å². The molecule has 0 aliphatic rings. The first-order chi connectivity index (χ1) is 6.93. The summed E-state index contributed by atoms with van der Waals surface area (Å²) in [6, 6.07) is 0. The summed E-state index contributed by atoms with van der Waals surface area (Å²) in [6.07, 6.45) is 0. The fraction of sp³-hybridized carbons (Fsp3) is 0.500. The number of rotatable bonds is 0. The van der Waals surface area contributed by atoms with E-state index in [0.29, 0.717) is 0 Å². The Balaban J connectivity index is -0.0000000600. The first-order valence-electron chi connectivity index (χ1n) is 3.78. The van der Waals surface area contributed by atoms with E-state index in [0.717, 1.165) is 20.8 Å². The minimum atomic E-state index is -0.833. The molecule has 0 fully saturated rings. The Morgan fingerprint density at radius 3 is 0.688 bits per heavy atom. The van der Waals surface area contributed by atoms with Crippen molar-refractivity contribution in [3.05, 3.63) is 0 Å². The Labute approximate surface area is 92.7 Å². The average Bonchev–Trinajstić information content (AvgIpc) is 1.76. The van der Waals surface area contributed by atoms with Gasteiger partial charge in [0.1, 0.15) is 0 Å². The van der Waals surface area contributed by atoms with Crippen LogP contribution in [-0.2, 0) is 19.2 Å². The van der Waals surface area contributed by atoms with Crippen LogP contribution in [-0.4, -0.2) is 39.1 Å². The lowest BCUT2D eigenvalue weighted by molar-refractivity contribution is -0.135. The summed E-state index contributed by atoms with van der Waals surface area (Å²) in [5, 5.41) is 22.2. The van der Waals surface area contributed by atoms with Crippen molar-refractivity contribution in [1.82, 2.24) is 0 Å². The van der Waals surface area contributed by atoms with Gasteiger partial charge in [0.05, 0.1) is 0 Å². The Morgan fingerprint density at radius 1 is 0.688 bits per heavy atom. The summed E-state index contributed by atoms with van der Waals surface area (Å²) < 4.78 is 0. The van der Waals surface area contributed by atoms with E-state index in [1.807, 2.05) is 0 Å². The van der Waals surface area contributed by atoms with E-state index in [1.165, 1.54) is 6.92 Å². The maximum absolute atomic E-state index is 9.22. The zero-order valence-corrected chi connectivity index (χ0v) is 9.55. The van der Waals surface area contributed by atoms with Gasteiger partial charge in [0.15, 0.2) is 0 Å². The molecular weight excluding hydrogens is 222 g/mol. The van der Waals surface area contributed by atoms with Crippen molar-refractivity contribution in [2.75, 3.05) is 0 Å². The number of carboxylic acids is 3. The van der Waals surface area contributed by atoms with E-state index < -0.39 is 17.9 Å². The zero-order valence-electron chi connectivity index (χ0n) is 9.55. The molecule has 0 rings (SSSR count). The first kappa shape index (κ1) is 23.6. The second kappa shape index (κ2) is 18.6. The SMILES string of the molecule is CC(=O)O.CC(=O)O.CC(=O)O.CC(N)=O. The number of carboxylic acid groups (broad SMARTS) is 3. The molecule has 0 radical (unpaired) electrons. The van der Waals surface area contributed by atoms with Gasteiger partial charge in [-0.3, -0.25) is 19.2 Å². The van der Waals surface area contributed by atoms with E-state index in [1.54, 1.807) is 0 Å². The predicted molar refractivity (Wildman–Crippen MR) is 54.8 cm³/mol. The van der Waals surface area contributed by atoms with Crippen molar-refractivity contribution in [2.24, 2.45) is 5.73 Å². The lowest BCUT2D eigenvalue weighted by atomic mass is 10.8. The number of primary amides is 1. The largest absolute Gasteiger partial charge is 0.481 e. The molecule has 0 aromatic carbocycles. The summed E-state index contributed by atoms with van der Waals surface area (Å²) in [7, 11) is 0. The monoisotopic (exact) mass is 239 g/mol. The van der Waals surface area contributed by atoms with Crippen LogP contribution in [0.2, 0.25) is 0 Å². The first-order valence-corrected chi connectivity index (χ1v) is 3.78. The highest BCUT2D eigenvalue weighted by Gasteiger charge is 1.66. The van der Waals surface area contributed by atoms with Gasteiger partial charge in [-0.1, -0.05) is 0 Å². The van der Waals surface area contributed by atoms with Gasteiger partial charge in [-0.05, 0) is 0 Å². The summed E-state index contributed by atoms with van der Waals surface area (Å²) >= 11 is 0. The molecule has 8 heteroatoms. The standard InChI is InChI=1S/C2H5NO.3C2H4O2/c4*1-2(3)4/h1H3,(H2,3,4);3*1H3,(H,3,4). The van der Waals surface area contributed by atoms with Crippen LogP contribution in [0.1, 0.15) is 27.7 Å². The van der Waals surface area contributed by atoms with Crippen molar-refractivity contribution < 1.29 is 34.5 Å². The number of carbonyl (C=O) groups is 4. The highest BCUT2D eigenvalue weighted by Crippen LogP contribution is 1.42. The van der Waals surface area contributed by atoms with Crippen LogP contribution in [0.5, 0.6) is 0 Å². The highest BCUT2D eigenvalue weighted by molar-refractivity contribution is 5.70. The molecule has 96 valence electrons. The van der Waals surface area contributed by atoms with Gasteiger partial charge in [-0.15, -0.1) is 0 Å². The van der Waals surface area contributed by atoms with Gasteiger partial charge in [-0.25, -0.2) is 0 Å². The number of hydrogen-bond donors (Lipinski definition) is 4. The Bertz CT molecular complexity index is 160. The smallest absolute Gasteiger partial charge is 0.300 e. The minimum Gasteiger partial charge on any atom is -0.481 e. The van der Waals surface area contributed by atoms with Crippen LogP contribution < -0.4 is 5.73 Å². The van der Waals surface area contributed by atoms with Crippen LogP contribution in [0.15, 0.2) is 0 Å². The van der Waals surface area contributed by atoms with E-state index in [9.17, 15) is 4.79 Å². The lowest BCUT2D eigenvalue weighted by Gasteiger charge is -1.60. The summed E-state index contributed by atoms with van der Waals surface area (Å²) in [5.74, 6) is -2.83. The van der Waals surface area contributed by atoms with Gasteiger partial charge in [-0.2, -0.15) is 0 Å². The highest BCUT2D eigenvalue weighted by atomic mass is 16.4. The second-order valence-corrected chi connectivity index (χ2v) is 2.17. The van der Waals surface area contributed by atoms with E-state index in [2.05, 4.69) is 5.73 Å². The molecule has 0 unspecified atom stereocenters. The zero-order chi connectivity index (χ0) is 14.3. The number of nitrogens with two attached hydrogens (primary N) is 1. The van der Waals surface area contributed by atoms with Crippen LogP contribution >= 0.6 is 0 Å². The summed E-state index contributed by atoms with van der Waals surface area (Å²) in [4.78, 5) is 36.2.